The molecule has 2 heterocycles. The molecule has 0 radical (unpaired) electrons. The second kappa shape index (κ2) is 9.19. The quantitative estimate of drug-likeness (QED) is 0.696. The van der Waals surface area contributed by atoms with Gasteiger partial charge in [-0.05, 0) is 42.0 Å². The van der Waals surface area contributed by atoms with E-state index in [2.05, 4.69) is 15.2 Å². The molecule has 4 rings (SSSR count). The molecule has 1 fully saturated rings. The SMILES string of the molecule is COc1ccc(-c2cnc(CN3CCNCC3c3cccc(F)c3)o2)cc1.Cl. The van der Waals surface area contributed by atoms with Crippen molar-refractivity contribution < 1.29 is 13.5 Å². The van der Waals surface area contributed by atoms with Gasteiger partial charge < -0.3 is 14.5 Å². The van der Waals surface area contributed by atoms with Crippen LogP contribution >= 0.6 is 12.4 Å². The number of nitrogens with zero attached hydrogens (tertiary/aromatic N) is 2. The average Bonchev–Trinajstić information content (AvgIpc) is 3.17. The number of hydrogen-bond acceptors (Lipinski definition) is 5. The smallest absolute Gasteiger partial charge is 0.209 e. The Labute approximate surface area is 169 Å². The third-order valence-corrected chi connectivity index (χ3v) is 4.85. The molecule has 0 bridgehead atoms. The van der Waals surface area contributed by atoms with Gasteiger partial charge in [0.25, 0.3) is 0 Å². The lowest BCUT2D eigenvalue weighted by Gasteiger charge is -2.35. The monoisotopic (exact) mass is 403 g/mol. The Morgan fingerprint density at radius 1 is 1.25 bits per heavy atom. The van der Waals surface area contributed by atoms with Gasteiger partial charge in [-0.25, -0.2) is 9.37 Å². The Morgan fingerprint density at radius 3 is 2.82 bits per heavy atom. The molecule has 1 aliphatic rings. The minimum Gasteiger partial charge on any atom is -0.497 e. The van der Waals surface area contributed by atoms with Crippen LogP contribution in [0.1, 0.15) is 17.5 Å². The van der Waals surface area contributed by atoms with E-state index in [1.54, 1.807) is 25.4 Å². The predicted molar refractivity (Wildman–Crippen MR) is 108 cm³/mol. The number of hydrogen-bond donors (Lipinski definition) is 1. The van der Waals surface area contributed by atoms with Crippen LogP contribution in [0, 0.1) is 5.82 Å². The minimum atomic E-state index is -0.212. The van der Waals surface area contributed by atoms with Gasteiger partial charge in [0, 0.05) is 31.2 Å². The summed E-state index contributed by atoms with van der Waals surface area (Å²) < 4.78 is 24.8. The lowest BCUT2D eigenvalue weighted by Crippen LogP contribution is -2.45. The zero-order valence-corrected chi connectivity index (χ0v) is 16.4. The van der Waals surface area contributed by atoms with E-state index in [1.807, 2.05) is 30.3 Å². The molecule has 1 aromatic heterocycles. The molecular weight excluding hydrogens is 381 g/mol. The van der Waals surface area contributed by atoms with Crippen LogP contribution in [0.25, 0.3) is 11.3 Å². The van der Waals surface area contributed by atoms with E-state index < -0.39 is 0 Å². The van der Waals surface area contributed by atoms with Crippen molar-refractivity contribution in [3.05, 3.63) is 72.0 Å². The number of piperazine rings is 1. The molecule has 0 saturated carbocycles. The van der Waals surface area contributed by atoms with Crippen molar-refractivity contribution in [2.75, 3.05) is 26.7 Å². The predicted octanol–water partition coefficient (Wildman–Crippen LogP) is 4.06. The van der Waals surface area contributed by atoms with Gasteiger partial charge in [-0.1, -0.05) is 12.1 Å². The first-order chi connectivity index (χ1) is 13.2. The molecule has 5 nitrogen and oxygen atoms in total. The molecule has 1 N–H and O–H groups in total. The van der Waals surface area contributed by atoms with Crippen LogP contribution in [0.4, 0.5) is 4.39 Å². The molecule has 148 valence electrons. The fraction of sp³-hybridized carbons (Fsp3) is 0.286. The first-order valence-electron chi connectivity index (χ1n) is 9.02. The van der Waals surface area contributed by atoms with Crippen LogP contribution in [0.5, 0.6) is 5.75 Å². The standard InChI is InChI=1S/C21H22FN3O2.ClH/c1-26-18-7-5-15(6-8-18)20-13-24-21(27-20)14-25-10-9-23-12-19(25)16-3-2-4-17(22)11-16;/h2-8,11,13,19,23H,9-10,12,14H2,1H3;1H. The summed E-state index contributed by atoms with van der Waals surface area (Å²) in [7, 11) is 1.64. The van der Waals surface area contributed by atoms with Crippen LogP contribution in [-0.4, -0.2) is 36.6 Å². The molecular formula is C21H23ClFN3O2. The van der Waals surface area contributed by atoms with Crippen LogP contribution < -0.4 is 10.1 Å². The minimum absolute atomic E-state index is 0. The number of aromatic nitrogens is 1. The van der Waals surface area contributed by atoms with Gasteiger partial charge in [0.1, 0.15) is 11.6 Å². The van der Waals surface area contributed by atoms with E-state index in [-0.39, 0.29) is 24.3 Å². The fourth-order valence-electron chi connectivity index (χ4n) is 3.42. The summed E-state index contributed by atoms with van der Waals surface area (Å²) in [6.45, 7) is 3.09. The highest BCUT2D eigenvalue weighted by atomic mass is 35.5. The van der Waals surface area contributed by atoms with Crippen molar-refractivity contribution in [1.29, 1.82) is 0 Å². The molecule has 3 aromatic rings. The summed E-state index contributed by atoms with van der Waals surface area (Å²) in [6.07, 6.45) is 1.75. The maximum absolute atomic E-state index is 13.6. The molecule has 0 amide bonds. The Kier molecular flexibility index (Phi) is 6.67. The van der Waals surface area contributed by atoms with Crippen molar-refractivity contribution in [2.24, 2.45) is 0 Å². The molecule has 1 aliphatic heterocycles. The maximum atomic E-state index is 13.6. The Balaban J connectivity index is 0.00000225. The molecule has 1 unspecified atom stereocenters. The summed E-state index contributed by atoms with van der Waals surface area (Å²) >= 11 is 0. The second-order valence-corrected chi connectivity index (χ2v) is 6.59. The van der Waals surface area contributed by atoms with E-state index >= 15 is 0 Å². The van der Waals surface area contributed by atoms with Gasteiger partial charge in [-0.3, -0.25) is 4.90 Å². The zero-order valence-electron chi connectivity index (χ0n) is 15.6. The van der Waals surface area contributed by atoms with E-state index in [9.17, 15) is 4.39 Å². The third kappa shape index (κ3) is 4.52. The highest BCUT2D eigenvalue weighted by Crippen LogP contribution is 2.27. The lowest BCUT2D eigenvalue weighted by atomic mass is 10.0. The zero-order chi connectivity index (χ0) is 18.6. The van der Waals surface area contributed by atoms with Crippen molar-refractivity contribution in [3.8, 4) is 17.1 Å². The average molecular weight is 404 g/mol. The van der Waals surface area contributed by atoms with Crippen molar-refractivity contribution >= 4 is 12.4 Å². The van der Waals surface area contributed by atoms with Gasteiger partial charge in [0.15, 0.2) is 5.76 Å². The molecule has 1 saturated heterocycles. The molecule has 28 heavy (non-hydrogen) atoms. The van der Waals surface area contributed by atoms with Gasteiger partial charge in [-0.2, -0.15) is 0 Å². The van der Waals surface area contributed by atoms with E-state index in [0.717, 1.165) is 42.3 Å². The summed E-state index contributed by atoms with van der Waals surface area (Å²) in [5, 5.41) is 3.38. The van der Waals surface area contributed by atoms with Crippen LogP contribution in [0.3, 0.4) is 0 Å². The lowest BCUT2D eigenvalue weighted by molar-refractivity contribution is 0.140. The number of methoxy groups -OCH3 is 1. The highest BCUT2D eigenvalue weighted by molar-refractivity contribution is 5.85. The van der Waals surface area contributed by atoms with E-state index in [1.165, 1.54) is 6.07 Å². The number of halogens is 2. The van der Waals surface area contributed by atoms with Gasteiger partial charge in [-0.15, -0.1) is 12.4 Å². The number of nitrogens with one attached hydrogen (secondary N) is 1. The van der Waals surface area contributed by atoms with Crippen molar-refractivity contribution in [1.82, 2.24) is 15.2 Å². The van der Waals surface area contributed by atoms with E-state index in [4.69, 9.17) is 9.15 Å². The molecule has 0 spiro atoms. The summed E-state index contributed by atoms with van der Waals surface area (Å²) in [6, 6.07) is 14.6. The second-order valence-electron chi connectivity index (χ2n) is 6.59. The van der Waals surface area contributed by atoms with Crippen LogP contribution in [-0.2, 0) is 6.54 Å². The number of rotatable bonds is 5. The third-order valence-electron chi connectivity index (χ3n) is 4.85. The first-order valence-corrected chi connectivity index (χ1v) is 9.02. The normalized spacial score (nSPS) is 17.1. The molecule has 0 aliphatic carbocycles. The topological polar surface area (TPSA) is 50.5 Å². The molecule has 2 aromatic carbocycles. The van der Waals surface area contributed by atoms with Crippen LogP contribution in [0.15, 0.2) is 59.1 Å². The Morgan fingerprint density at radius 2 is 2.07 bits per heavy atom. The maximum Gasteiger partial charge on any atom is 0.209 e. The van der Waals surface area contributed by atoms with Crippen molar-refractivity contribution in [2.45, 2.75) is 12.6 Å². The van der Waals surface area contributed by atoms with Gasteiger partial charge in [0.05, 0.1) is 19.9 Å². The number of ether oxygens (including phenoxy) is 1. The number of oxazole rings is 1. The largest absolute Gasteiger partial charge is 0.497 e. The molecule has 1 atom stereocenters. The van der Waals surface area contributed by atoms with Crippen LogP contribution in [0.2, 0.25) is 0 Å². The fourth-order valence-corrected chi connectivity index (χ4v) is 3.42. The highest BCUT2D eigenvalue weighted by Gasteiger charge is 2.25. The summed E-state index contributed by atoms with van der Waals surface area (Å²) in [5.74, 6) is 1.97. The summed E-state index contributed by atoms with van der Waals surface area (Å²) in [4.78, 5) is 6.71. The van der Waals surface area contributed by atoms with Crippen molar-refractivity contribution in [3.63, 3.8) is 0 Å². The Hall–Kier alpha value is -2.41. The molecule has 7 heteroatoms. The first kappa shape index (κ1) is 20.3. The Bertz CT molecular complexity index is 901. The van der Waals surface area contributed by atoms with E-state index in [0.29, 0.717) is 12.4 Å². The van der Waals surface area contributed by atoms with Gasteiger partial charge >= 0.3 is 0 Å². The summed E-state index contributed by atoms with van der Waals surface area (Å²) in [5.41, 5.74) is 1.92. The van der Waals surface area contributed by atoms with Gasteiger partial charge in [0.2, 0.25) is 5.89 Å². The number of benzene rings is 2.